The van der Waals surface area contributed by atoms with E-state index in [1.54, 1.807) is 10.9 Å². The van der Waals surface area contributed by atoms with Gasteiger partial charge in [0.2, 0.25) is 0 Å². The van der Waals surface area contributed by atoms with Crippen molar-refractivity contribution in [3.63, 3.8) is 0 Å². The van der Waals surface area contributed by atoms with Crippen molar-refractivity contribution >= 4 is 34.1 Å². The van der Waals surface area contributed by atoms with Crippen molar-refractivity contribution in [3.8, 4) is 0 Å². The first-order valence-electron chi connectivity index (χ1n) is 12.2. The number of anilines is 1. The maximum absolute atomic E-state index is 11.5. The molecular formula is C22H39N5O5Si2. The number of hydrogen-bond acceptors (Lipinski definition) is 9. The topological polar surface area (TPSA) is 127 Å². The molecule has 3 N–H and O–H groups in total. The van der Waals surface area contributed by atoms with Crippen LogP contribution in [0.2, 0.25) is 22.2 Å². The summed E-state index contributed by atoms with van der Waals surface area (Å²) in [7, 11) is -5.54. The van der Waals surface area contributed by atoms with Gasteiger partial charge in [0.25, 0.3) is 0 Å². The van der Waals surface area contributed by atoms with Gasteiger partial charge in [-0.25, -0.2) is 15.0 Å². The molecule has 4 atom stereocenters. The normalized spacial score (nSPS) is 29.2. The Bertz CT molecular complexity index is 1000. The van der Waals surface area contributed by atoms with Crippen molar-refractivity contribution in [2.24, 2.45) is 0 Å². The Morgan fingerprint density at radius 1 is 0.971 bits per heavy atom. The number of nitrogens with two attached hydrogens (primary N) is 1. The molecule has 4 heterocycles. The van der Waals surface area contributed by atoms with E-state index in [1.807, 2.05) is 0 Å². The summed E-state index contributed by atoms with van der Waals surface area (Å²) in [5.41, 5.74) is 7.73. The zero-order chi connectivity index (χ0) is 25.0. The predicted molar refractivity (Wildman–Crippen MR) is 133 cm³/mol. The average Bonchev–Trinajstić information content (AvgIpc) is 3.29. The summed E-state index contributed by atoms with van der Waals surface area (Å²) in [6, 6.07) is 0. The van der Waals surface area contributed by atoms with E-state index in [9.17, 15) is 5.11 Å². The molecule has 2 fully saturated rings. The van der Waals surface area contributed by atoms with Crippen LogP contribution in [0.15, 0.2) is 12.7 Å². The number of aliphatic hydroxyl groups is 1. The molecule has 2 unspecified atom stereocenters. The van der Waals surface area contributed by atoms with Gasteiger partial charge in [0.05, 0.1) is 12.9 Å². The van der Waals surface area contributed by atoms with E-state index < -0.39 is 41.7 Å². The number of fused-ring (bicyclic) bond motifs is 2. The molecule has 0 radical (unpaired) electrons. The second-order valence-corrected chi connectivity index (χ2v) is 19.5. The van der Waals surface area contributed by atoms with Crippen LogP contribution < -0.4 is 5.73 Å². The molecule has 12 heteroatoms. The third-order valence-corrected chi connectivity index (χ3v) is 17.6. The lowest BCUT2D eigenvalue weighted by atomic mass is 10.1. The zero-order valence-electron chi connectivity index (χ0n) is 21.4. The van der Waals surface area contributed by atoms with E-state index in [-0.39, 0.29) is 28.0 Å². The van der Waals surface area contributed by atoms with Crippen LogP contribution in [-0.2, 0) is 17.7 Å². The molecular weight excluding hydrogens is 470 g/mol. The summed E-state index contributed by atoms with van der Waals surface area (Å²) in [6.07, 6.45) is 0.225. The molecule has 190 valence electrons. The maximum atomic E-state index is 11.5. The van der Waals surface area contributed by atoms with Crippen molar-refractivity contribution in [3.05, 3.63) is 12.7 Å². The fourth-order valence-electron chi connectivity index (χ4n) is 5.42. The molecule has 0 saturated carbocycles. The van der Waals surface area contributed by atoms with Gasteiger partial charge in [-0.05, 0) is 22.2 Å². The SMILES string of the molecule is CC(C)[Si]1(C(C)C)OC[C@@H]2O[C@H](n3cnc4c(N)ncnc43)C(O)C2O[Si](C(C)C)(C(C)C)O1. The first-order valence-corrected chi connectivity index (χ1v) is 16.2. The number of rotatable bonds is 5. The highest BCUT2D eigenvalue weighted by Gasteiger charge is 2.61. The van der Waals surface area contributed by atoms with Crippen LogP contribution >= 0.6 is 0 Å². The first kappa shape index (κ1) is 25.7. The Kier molecular flexibility index (Phi) is 6.97. The molecule has 0 aliphatic carbocycles. The quantitative estimate of drug-likeness (QED) is 0.581. The zero-order valence-corrected chi connectivity index (χ0v) is 23.4. The molecule has 2 saturated heterocycles. The molecule has 0 aromatic carbocycles. The van der Waals surface area contributed by atoms with Crippen LogP contribution in [0, 0.1) is 0 Å². The van der Waals surface area contributed by atoms with Crippen molar-refractivity contribution in [2.75, 3.05) is 12.3 Å². The lowest BCUT2D eigenvalue weighted by Crippen LogP contribution is -2.65. The van der Waals surface area contributed by atoms with Gasteiger partial charge < -0.3 is 28.5 Å². The van der Waals surface area contributed by atoms with Gasteiger partial charge in [-0.1, -0.05) is 55.4 Å². The summed E-state index contributed by atoms with van der Waals surface area (Å²) in [5.74, 6) is 0.283. The lowest BCUT2D eigenvalue weighted by molar-refractivity contribution is -0.0570. The Morgan fingerprint density at radius 3 is 2.18 bits per heavy atom. The average molecular weight is 510 g/mol. The predicted octanol–water partition coefficient (Wildman–Crippen LogP) is 3.62. The Labute approximate surface area is 203 Å². The highest BCUT2D eigenvalue weighted by molar-refractivity contribution is 6.83. The van der Waals surface area contributed by atoms with Gasteiger partial charge in [-0.15, -0.1) is 0 Å². The number of nitrogens with zero attached hydrogens (tertiary/aromatic N) is 4. The lowest BCUT2D eigenvalue weighted by Gasteiger charge is -2.51. The number of ether oxygens (including phenoxy) is 1. The van der Waals surface area contributed by atoms with Crippen LogP contribution in [0.5, 0.6) is 0 Å². The Hall–Kier alpha value is -1.42. The molecule has 0 bridgehead atoms. The van der Waals surface area contributed by atoms with E-state index in [1.165, 1.54) is 6.33 Å². The fraction of sp³-hybridized carbons (Fsp3) is 0.773. The summed E-state index contributed by atoms with van der Waals surface area (Å²) < 4.78 is 29.0. The second kappa shape index (κ2) is 9.23. The monoisotopic (exact) mass is 509 g/mol. The van der Waals surface area contributed by atoms with Gasteiger partial charge in [-0.3, -0.25) is 4.57 Å². The van der Waals surface area contributed by atoms with Gasteiger partial charge in [-0.2, -0.15) is 0 Å². The highest BCUT2D eigenvalue weighted by atomic mass is 28.5. The van der Waals surface area contributed by atoms with Crippen LogP contribution in [0.1, 0.15) is 61.6 Å². The van der Waals surface area contributed by atoms with Gasteiger partial charge >= 0.3 is 17.1 Å². The van der Waals surface area contributed by atoms with Crippen LogP contribution in [0.3, 0.4) is 0 Å². The molecule has 0 amide bonds. The molecule has 2 aromatic rings. The minimum Gasteiger partial charge on any atom is -0.414 e. The number of aliphatic hydroxyl groups excluding tert-OH is 1. The van der Waals surface area contributed by atoms with E-state index in [4.69, 9.17) is 23.4 Å². The van der Waals surface area contributed by atoms with Crippen molar-refractivity contribution in [1.82, 2.24) is 19.5 Å². The number of aromatic nitrogens is 4. The van der Waals surface area contributed by atoms with Crippen LogP contribution in [-0.4, -0.2) is 66.7 Å². The number of hydrogen-bond donors (Lipinski definition) is 2. The molecule has 2 aliphatic heterocycles. The number of nitrogen functional groups attached to an aromatic ring is 1. The Balaban J connectivity index is 1.77. The van der Waals surface area contributed by atoms with Gasteiger partial charge in [0.15, 0.2) is 17.7 Å². The summed E-state index contributed by atoms with van der Waals surface area (Å²) >= 11 is 0. The van der Waals surface area contributed by atoms with Crippen LogP contribution in [0.4, 0.5) is 5.82 Å². The second-order valence-electron chi connectivity index (χ2n) is 10.7. The maximum Gasteiger partial charge on any atom is 0.335 e. The first-order chi connectivity index (χ1) is 15.9. The molecule has 34 heavy (non-hydrogen) atoms. The molecule has 0 spiro atoms. The third kappa shape index (κ3) is 3.92. The van der Waals surface area contributed by atoms with E-state index in [0.29, 0.717) is 17.8 Å². The van der Waals surface area contributed by atoms with Crippen molar-refractivity contribution in [2.45, 2.75) is 102 Å². The summed E-state index contributed by atoms with van der Waals surface area (Å²) in [4.78, 5) is 12.7. The minimum absolute atomic E-state index is 0.159. The Morgan fingerprint density at radius 2 is 1.59 bits per heavy atom. The fourth-order valence-corrected chi connectivity index (χ4v) is 16.6. The summed E-state index contributed by atoms with van der Waals surface area (Å²) in [5, 5.41) is 11.5. The molecule has 10 nitrogen and oxygen atoms in total. The third-order valence-electron chi connectivity index (χ3n) is 7.30. The minimum atomic E-state index is -2.86. The largest absolute Gasteiger partial charge is 0.414 e. The molecule has 4 rings (SSSR count). The van der Waals surface area contributed by atoms with Crippen molar-refractivity contribution in [1.29, 1.82) is 0 Å². The van der Waals surface area contributed by atoms with Gasteiger partial charge in [0.1, 0.15) is 30.2 Å². The van der Waals surface area contributed by atoms with Crippen molar-refractivity contribution < 1.29 is 22.8 Å². The van der Waals surface area contributed by atoms with Gasteiger partial charge in [0, 0.05) is 0 Å². The number of imidazole rings is 1. The van der Waals surface area contributed by atoms with E-state index in [2.05, 4.69) is 70.3 Å². The van der Waals surface area contributed by atoms with Crippen LogP contribution in [0.25, 0.3) is 11.2 Å². The molecule has 2 aromatic heterocycles. The smallest absolute Gasteiger partial charge is 0.335 e. The molecule has 2 aliphatic rings. The standard InChI is InChI=1S/C22H39N5O5Si2/c1-12(2)33(13(3)4)29-9-16-19(31-34(32-33,14(5)6)15(7)8)18(28)22(30-16)27-11-26-17-20(23)24-10-25-21(17)27/h10-16,18-19,22,28H,9H2,1-8H3,(H2,23,24,25)/t16-,18?,19?,22-/m0/s1. The summed E-state index contributed by atoms with van der Waals surface area (Å²) in [6.45, 7) is 17.7. The highest BCUT2D eigenvalue weighted by Crippen LogP contribution is 2.48. The van der Waals surface area contributed by atoms with E-state index in [0.717, 1.165) is 0 Å². The van der Waals surface area contributed by atoms with E-state index >= 15 is 0 Å².